The molecule has 1 aromatic carbocycles. The lowest BCUT2D eigenvalue weighted by molar-refractivity contribution is 0.184. The molecule has 0 aliphatic rings. The first-order valence-corrected chi connectivity index (χ1v) is 7.17. The fraction of sp³-hybridized carbons (Fsp3) is 0.562. The highest BCUT2D eigenvalue weighted by Gasteiger charge is 2.03. The Kier molecular flexibility index (Phi) is 7.73. The van der Waals surface area contributed by atoms with E-state index >= 15 is 0 Å². The third-order valence-corrected chi connectivity index (χ3v) is 3.10. The zero-order valence-corrected chi connectivity index (χ0v) is 13.1. The molecule has 0 bridgehead atoms. The van der Waals surface area contributed by atoms with Gasteiger partial charge in [0.1, 0.15) is 0 Å². The molecule has 1 aromatic rings. The molecule has 0 aliphatic carbocycles. The smallest absolute Gasteiger partial charge is 0.191 e. The lowest BCUT2D eigenvalue weighted by Gasteiger charge is -2.14. The Bertz CT molecular complexity index is 416. The molecule has 20 heavy (non-hydrogen) atoms. The van der Waals surface area contributed by atoms with Crippen LogP contribution in [-0.2, 0) is 17.9 Å². The summed E-state index contributed by atoms with van der Waals surface area (Å²) in [6.45, 7) is 6.77. The van der Waals surface area contributed by atoms with Crippen LogP contribution < -0.4 is 10.6 Å². The maximum absolute atomic E-state index is 5.22. The van der Waals surface area contributed by atoms with Crippen molar-refractivity contribution in [2.75, 3.05) is 20.7 Å². The summed E-state index contributed by atoms with van der Waals surface area (Å²) in [5.74, 6) is 1.54. The van der Waals surface area contributed by atoms with Gasteiger partial charge < -0.3 is 15.4 Å². The molecule has 0 unspecified atom stereocenters. The summed E-state index contributed by atoms with van der Waals surface area (Å²) < 4.78 is 5.22. The maximum atomic E-state index is 5.22. The van der Waals surface area contributed by atoms with Gasteiger partial charge in [-0.15, -0.1) is 0 Å². The molecule has 0 saturated heterocycles. The number of nitrogens with zero attached hydrogens (tertiary/aromatic N) is 1. The van der Waals surface area contributed by atoms with E-state index in [1.807, 2.05) is 12.1 Å². The second-order valence-corrected chi connectivity index (χ2v) is 5.24. The van der Waals surface area contributed by atoms with Crippen LogP contribution in [0.5, 0.6) is 0 Å². The molecule has 4 nitrogen and oxygen atoms in total. The monoisotopic (exact) mass is 277 g/mol. The predicted molar refractivity (Wildman–Crippen MR) is 84.8 cm³/mol. The fourth-order valence-corrected chi connectivity index (χ4v) is 1.91. The summed E-state index contributed by atoms with van der Waals surface area (Å²) in [7, 11) is 3.52. The van der Waals surface area contributed by atoms with Crippen LogP contribution in [0.4, 0.5) is 0 Å². The van der Waals surface area contributed by atoms with Crippen molar-refractivity contribution in [2.45, 2.75) is 33.4 Å². The van der Waals surface area contributed by atoms with Gasteiger partial charge in [-0.3, -0.25) is 4.99 Å². The summed E-state index contributed by atoms with van der Waals surface area (Å²) in [5, 5.41) is 6.67. The van der Waals surface area contributed by atoms with Crippen LogP contribution in [0.1, 0.15) is 31.4 Å². The second kappa shape index (κ2) is 9.37. The van der Waals surface area contributed by atoms with Gasteiger partial charge in [0.25, 0.3) is 0 Å². The van der Waals surface area contributed by atoms with Crippen molar-refractivity contribution in [2.24, 2.45) is 10.9 Å². The Morgan fingerprint density at radius 3 is 2.50 bits per heavy atom. The number of hydrogen-bond acceptors (Lipinski definition) is 2. The summed E-state index contributed by atoms with van der Waals surface area (Å²) in [6, 6.07) is 8.29. The molecular weight excluding hydrogens is 250 g/mol. The van der Waals surface area contributed by atoms with E-state index in [0.29, 0.717) is 12.5 Å². The zero-order valence-electron chi connectivity index (χ0n) is 13.1. The highest BCUT2D eigenvalue weighted by Crippen LogP contribution is 2.09. The Labute approximate surface area is 122 Å². The number of benzene rings is 1. The molecule has 0 heterocycles. The van der Waals surface area contributed by atoms with Crippen molar-refractivity contribution in [1.82, 2.24) is 10.6 Å². The first-order valence-electron chi connectivity index (χ1n) is 7.17. The molecule has 0 aliphatic heterocycles. The molecular formula is C16H27N3O. The molecule has 0 fully saturated rings. The number of nitrogens with one attached hydrogen (secondary N) is 2. The van der Waals surface area contributed by atoms with Crippen LogP contribution >= 0.6 is 0 Å². The van der Waals surface area contributed by atoms with Crippen molar-refractivity contribution >= 4 is 5.96 Å². The van der Waals surface area contributed by atoms with Crippen LogP contribution in [-0.4, -0.2) is 26.7 Å². The minimum atomic E-state index is 0.636. The quantitative estimate of drug-likeness (QED) is 0.595. The van der Waals surface area contributed by atoms with Crippen molar-refractivity contribution in [1.29, 1.82) is 0 Å². The van der Waals surface area contributed by atoms with Crippen molar-refractivity contribution in [3.05, 3.63) is 35.4 Å². The van der Waals surface area contributed by atoms with E-state index in [1.165, 1.54) is 11.1 Å². The van der Waals surface area contributed by atoms with Gasteiger partial charge in [-0.1, -0.05) is 38.1 Å². The normalized spacial score (nSPS) is 11.8. The number of methoxy groups -OCH3 is 1. The first-order chi connectivity index (χ1) is 9.67. The largest absolute Gasteiger partial charge is 0.380 e. The number of rotatable bonds is 7. The average molecular weight is 277 g/mol. The Morgan fingerprint density at radius 1 is 1.20 bits per heavy atom. The number of guanidine groups is 1. The van der Waals surface area contributed by atoms with Crippen LogP contribution in [0, 0.1) is 5.92 Å². The molecule has 0 atom stereocenters. The Balaban J connectivity index is 2.48. The van der Waals surface area contributed by atoms with Gasteiger partial charge in [-0.2, -0.15) is 0 Å². The second-order valence-electron chi connectivity index (χ2n) is 5.24. The van der Waals surface area contributed by atoms with Crippen LogP contribution in [0.15, 0.2) is 29.3 Å². The summed E-state index contributed by atoms with van der Waals surface area (Å²) >= 11 is 0. The van der Waals surface area contributed by atoms with E-state index in [2.05, 4.69) is 41.6 Å². The van der Waals surface area contributed by atoms with E-state index in [4.69, 9.17) is 4.74 Å². The third kappa shape index (κ3) is 6.06. The SMILES string of the molecule is CN=C(NCCC(C)C)NCc1ccccc1COC. The Hall–Kier alpha value is -1.55. The van der Waals surface area contributed by atoms with Gasteiger partial charge >= 0.3 is 0 Å². The standard InChI is InChI=1S/C16H27N3O/c1-13(2)9-10-18-16(17-3)19-11-14-7-5-6-8-15(14)12-20-4/h5-8,13H,9-12H2,1-4H3,(H2,17,18,19). The summed E-state index contributed by atoms with van der Waals surface area (Å²) in [4.78, 5) is 4.24. The molecule has 0 aromatic heterocycles. The summed E-state index contributed by atoms with van der Waals surface area (Å²) in [5.41, 5.74) is 2.45. The average Bonchev–Trinajstić information content (AvgIpc) is 2.44. The van der Waals surface area contributed by atoms with Crippen molar-refractivity contribution in [3.63, 3.8) is 0 Å². The number of aliphatic imine (C=N–C) groups is 1. The van der Waals surface area contributed by atoms with Crippen LogP contribution in [0.25, 0.3) is 0 Å². The molecule has 4 heteroatoms. The highest BCUT2D eigenvalue weighted by atomic mass is 16.5. The van der Waals surface area contributed by atoms with E-state index in [0.717, 1.165) is 25.5 Å². The number of ether oxygens (including phenoxy) is 1. The molecule has 2 N–H and O–H groups in total. The van der Waals surface area contributed by atoms with E-state index in [1.54, 1.807) is 14.2 Å². The van der Waals surface area contributed by atoms with E-state index < -0.39 is 0 Å². The van der Waals surface area contributed by atoms with Gasteiger partial charge in [0.15, 0.2) is 5.96 Å². The molecule has 0 amide bonds. The van der Waals surface area contributed by atoms with Crippen molar-refractivity contribution < 1.29 is 4.74 Å². The van der Waals surface area contributed by atoms with Gasteiger partial charge in [0.05, 0.1) is 6.61 Å². The van der Waals surface area contributed by atoms with Crippen LogP contribution in [0.2, 0.25) is 0 Å². The Morgan fingerprint density at radius 2 is 1.90 bits per heavy atom. The predicted octanol–water partition coefficient (Wildman–Crippen LogP) is 2.54. The molecule has 1 rings (SSSR count). The van der Waals surface area contributed by atoms with Gasteiger partial charge in [0.2, 0.25) is 0 Å². The lowest BCUT2D eigenvalue weighted by atomic mass is 10.1. The van der Waals surface area contributed by atoms with Gasteiger partial charge in [0, 0.05) is 27.2 Å². The van der Waals surface area contributed by atoms with E-state index in [-0.39, 0.29) is 0 Å². The number of hydrogen-bond donors (Lipinski definition) is 2. The van der Waals surface area contributed by atoms with Crippen LogP contribution in [0.3, 0.4) is 0 Å². The molecule has 0 spiro atoms. The lowest BCUT2D eigenvalue weighted by Crippen LogP contribution is -2.37. The maximum Gasteiger partial charge on any atom is 0.191 e. The minimum absolute atomic E-state index is 0.636. The fourth-order valence-electron chi connectivity index (χ4n) is 1.91. The highest BCUT2D eigenvalue weighted by molar-refractivity contribution is 5.79. The minimum Gasteiger partial charge on any atom is -0.380 e. The zero-order chi connectivity index (χ0) is 14.8. The van der Waals surface area contributed by atoms with Gasteiger partial charge in [-0.25, -0.2) is 0 Å². The molecule has 112 valence electrons. The first kappa shape index (κ1) is 16.5. The third-order valence-electron chi connectivity index (χ3n) is 3.10. The van der Waals surface area contributed by atoms with Crippen molar-refractivity contribution in [3.8, 4) is 0 Å². The topological polar surface area (TPSA) is 45.7 Å². The summed E-state index contributed by atoms with van der Waals surface area (Å²) in [6.07, 6.45) is 1.14. The van der Waals surface area contributed by atoms with Gasteiger partial charge in [-0.05, 0) is 23.5 Å². The molecule has 0 saturated carbocycles. The van der Waals surface area contributed by atoms with E-state index in [9.17, 15) is 0 Å². The molecule has 0 radical (unpaired) electrons.